The summed E-state index contributed by atoms with van der Waals surface area (Å²) in [7, 11) is 0. The average molecular weight is 253 g/mol. The lowest BCUT2D eigenvalue weighted by Crippen LogP contribution is -2.44. The zero-order valence-corrected chi connectivity index (χ0v) is 10.6. The van der Waals surface area contributed by atoms with Gasteiger partial charge in [0, 0.05) is 19.6 Å². The third-order valence-electron chi connectivity index (χ3n) is 3.52. The molecule has 6 nitrogen and oxygen atoms in total. The van der Waals surface area contributed by atoms with Crippen LogP contribution in [0.15, 0.2) is 0 Å². The molecule has 2 saturated heterocycles. The minimum atomic E-state index is -0.524. The molecule has 0 aromatic carbocycles. The Morgan fingerprint density at radius 2 is 2.00 bits per heavy atom. The highest BCUT2D eigenvalue weighted by Crippen LogP contribution is 2.12. The summed E-state index contributed by atoms with van der Waals surface area (Å²) < 4.78 is 0. The number of hydrogen-bond acceptors (Lipinski definition) is 4. The number of nitrogens with one attached hydrogen (secondary N) is 1. The summed E-state index contributed by atoms with van der Waals surface area (Å²) in [4.78, 5) is 38.1. The van der Waals surface area contributed by atoms with E-state index < -0.39 is 6.04 Å². The first-order chi connectivity index (χ1) is 8.63. The monoisotopic (exact) mass is 253 g/mol. The van der Waals surface area contributed by atoms with Crippen LogP contribution in [0.2, 0.25) is 0 Å². The van der Waals surface area contributed by atoms with Crippen molar-refractivity contribution in [3.63, 3.8) is 0 Å². The lowest BCUT2D eigenvalue weighted by molar-refractivity contribution is -0.138. The molecule has 18 heavy (non-hydrogen) atoms. The van der Waals surface area contributed by atoms with Crippen LogP contribution in [0.4, 0.5) is 0 Å². The minimum Gasteiger partial charge on any atom is -0.342 e. The Morgan fingerprint density at radius 1 is 1.33 bits per heavy atom. The number of amides is 3. The van der Waals surface area contributed by atoms with Gasteiger partial charge in [-0.15, -0.1) is 0 Å². The van der Waals surface area contributed by atoms with Crippen LogP contribution in [0.3, 0.4) is 0 Å². The van der Waals surface area contributed by atoms with Crippen LogP contribution < -0.4 is 5.32 Å². The normalized spacial score (nSPS) is 24.2. The van der Waals surface area contributed by atoms with Crippen molar-refractivity contribution >= 4 is 17.7 Å². The molecule has 6 heteroatoms. The number of rotatable bonds is 4. The van der Waals surface area contributed by atoms with Gasteiger partial charge in [-0.05, 0) is 19.8 Å². The highest BCUT2D eigenvalue weighted by molar-refractivity contribution is 6.05. The molecule has 1 N–H and O–H groups in total. The van der Waals surface area contributed by atoms with E-state index in [1.165, 1.54) is 4.90 Å². The number of imide groups is 1. The van der Waals surface area contributed by atoms with Crippen molar-refractivity contribution in [3.05, 3.63) is 0 Å². The summed E-state index contributed by atoms with van der Waals surface area (Å²) in [6, 6.07) is -0.524. The van der Waals surface area contributed by atoms with E-state index in [-0.39, 0.29) is 30.7 Å². The average Bonchev–Trinajstić information content (AvgIpc) is 2.95. The molecule has 2 rings (SSSR count). The lowest BCUT2D eigenvalue weighted by atomic mass is 10.2. The van der Waals surface area contributed by atoms with Gasteiger partial charge >= 0.3 is 0 Å². The van der Waals surface area contributed by atoms with Crippen molar-refractivity contribution in [1.82, 2.24) is 15.1 Å². The summed E-state index contributed by atoms with van der Waals surface area (Å²) >= 11 is 0. The first kappa shape index (κ1) is 13.0. The van der Waals surface area contributed by atoms with E-state index in [9.17, 15) is 14.4 Å². The molecule has 0 aliphatic carbocycles. The van der Waals surface area contributed by atoms with Gasteiger partial charge in [0.05, 0.1) is 19.0 Å². The Balaban J connectivity index is 1.82. The van der Waals surface area contributed by atoms with Gasteiger partial charge in [-0.3, -0.25) is 24.6 Å². The molecule has 0 saturated carbocycles. The number of carbonyl (C=O) groups is 3. The zero-order valence-electron chi connectivity index (χ0n) is 10.6. The largest absolute Gasteiger partial charge is 0.342 e. The van der Waals surface area contributed by atoms with Gasteiger partial charge in [-0.2, -0.15) is 0 Å². The highest BCUT2D eigenvalue weighted by Gasteiger charge is 2.37. The fourth-order valence-corrected chi connectivity index (χ4v) is 2.46. The molecule has 0 radical (unpaired) electrons. The van der Waals surface area contributed by atoms with E-state index in [1.54, 1.807) is 11.8 Å². The predicted octanol–water partition coefficient (Wildman–Crippen LogP) is -0.654. The molecular weight excluding hydrogens is 234 g/mol. The second kappa shape index (κ2) is 5.48. The minimum absolute atomic E-state index is 0.0164. The number of carbonyl (C=O) groups excluding carboxylic acids is 3. The summed E-state index contributed by atoms with van der Waals surface area (Å²) in [6.45, 7) is 3.92. The smallest absolute Gasteiger partial charge is 0.246 e. The maximum atomic E-state index is 11.8. The van der Waals surface area contributed by atoms with Crippen molar-refractivity contribution < 1.29 is 14.4 Å². The van der Waals surface area contributed by atoms with Gasteiger partial charge in [0.15, 0.2) is 0 Å². The Kier molecular flexibility index (Phi) is 3.96. The summed E-state index contributed by atoms with van der Waals surface area (Å²) in [5, 5.41) is 2.90. The zero-order chi connectivity index (χ0) is 13.1. The Morgan fingerprint density at radius 3 is 2.56 bits per heavy atom. The van der Waals surface area contributed by atoms with E-state index in [1.807, 2.05) is 0 Å². The molecular formula is C12H19N3O3. The first-order valence-corrected chi connectivity index (χ1v) is 6.49. The van der Waals surface area contributed by atoms with Gasteiger partial charge in [0.2, 0.25) is 17.7 Å². The fourth-order valence-electron chi connectivity index (χ4n) is 2.46. The Hall–Kier alpha value is -1.43. The summed E-state index contributed by atoms with van der Waals surface area (Å²) in [5.41, 5.74) is 0. The van der Waals surface area contributed by atoms with E-state index in [0.29, 0.717) is 6.54 Å². The quantitative estimate of drug-likeness (QED) is 0.676. The molecule has 1 unspecified atom stereocenters. The molecule has 0 spiro atoms. The van der Waals surface area contributed by atoms with Crippen molar-refractivity contribution in [2.24, 2.45) is 0 Å². The number of nitrogens with zero attached hydrogens (tertiary/aromatic N) is 2. The molecule has 1 atom stereocenters. The third kappa shape index (κ3) is 2.53. The second-order valence-electron chi connectivity index (χ2n) is 4.70. The van der Waals surface area contributed by atoms with Crippen molar-refractivity contribution in [2.75, 3.05) is 26.2 Å². The van der Waals surface area contributed by atoms with Crippen LogP contribution in [0, 0.1) is 0 Å². The molecule has 2 fully saturated rings. The van der Waals surface area contributed by atoms with Gasteiger partial charge in [-0.1, -0.05) is 0 Å². The van der Waals surface area contributed by atoms with Gasteiger partial charge in [0.25, 0.3) is 0 Å². The fraction of sp³-hybridized carbons (Fsp3) is 0.750. The second-order valence-corrected chi connectivity index (χ2v) is 4.70. The van der Waals surface area contributed by atoms with Crippen molar-refractivity contribution in [2.45, 2.75) is 32.2 Å². The van der Waals surface area contributed by atoms with E-state index in [0.717, 1.165) is 25.9 Å². The predicted molar refractivity (Wildman–Crippen MR) is 64.6 cm³/mol. The highest BCUT2D eigenvalue weighted by atomic mass is 16.2. The number of likely N-dealkylation sites (tertiary alicyclic amines) is 2. The van der Waals surface area contributed by atoms with E-state index in [2.05, 4.69) is 5.32 Å². The first-order valence-electron chi connectivity index (χ1n) is 6.49. The standard InChI is InChI=1S/C12H19N3O3/c1-2-15-10(16)7-9(12(15)18)13-8-11(17)14-5-3-4-6-14/h9,13H,2-8H2,1H3. The molecule has 100 valence electrons. The summed E-state index contributed by atoms with van der Waals surface area (Å²) in [5.74, 6) is -0.354. The van der Waals surface area contributed by atoms with Crippen LogP contribution >= 0.6 is 0 Å². The Bertz CT molecular complexity index is 364. The SMILES string of the molecule is CCN1C(=O)CC(NCC(=O)N2CCCC2)C1=O. The third-order valence-corrected chi connectivity index (χ3v) is 3.52. The van der Waals surface area contributed by atoms with Gasteiger partial charge in [-0.25, -0.2) is 0 Å². The molecule has 3 amide bonds. The van der Waals surface area contributed by atoms with Crippen LogP contribution in [0.25, 0.3) is 0 Å². The van der Waals surface area contributed by atoms with E-state index in [4.69, 9.17) is 0 Å². The topological polar surface area (TPSA) is 69.7 Å². The molecule has 0 bridgehead atoms. The van der Waals surface area contributed by atoms with Gasteiger partial charge < -0.3 is 4.90 Å². The van der Waals surface area contributed by atoms with Crippen LogP contribution in [-0.4, -0.2) is 59.7 Å². The molecule has 2 aliphatic rings. The van der Waals surface area contributed by atoms with Crippen LogP contribution in [0.1, 0.15) is 26.2 Å². The van der Waals surface area contributed by atoms with E-state index >= 15 is 0 Å². The molecule has 2 aliphatic heterocycles. The molecule has 2 heterocycles. The van der Waals surface area contributed by atoms with Crippen LogP contribution in [-0.2, 0) is 14.4 Å². The van der Waals surface area contributed by atoms with Gasteiger partial charge in [0.1, 0.15) is 0 Å². The maximum absolute atomic E-state index is 11.8. The molecule has 0 aromatic rings. The summed E-state index contributed by atoms with van der Waals surface area (Å²) in [6.07, 6.45) is 2.27. The number of likely N-dealkylation sites (N-methyl/N-ethyl adjacent to an activating group) is 1. The maximum Gasteiger partial charge on any atom is 0.246 e. The van der Waals surface area contributed by atoms with Crippen molar-refractivity contribution in [1.29, 1.82) is 0 Å². The Labute approximate surface area is 106 Å². The van der Waals surface area contributed by atoms with Crippen molar-refractivity contribution in [3.8, 4) is 0 Å². The lowest BCUT2D eigenvalue weighted by Gasteiger charge is -2.17. The number of hydrogen-bond donors (Lipinski definition) is 1. The van der Waals surface area contributed by atoms with Crippen LogP contribution in [0.5, 0.6) is 0 Å². The molecule has 0 aromatic heterocycles.